The highest BCUT2D eigenvalue weighted by molar-refractivity contribution is 6.31. The average molecular weight is 292 g/mol. The zero-order chi connectivity index (χ0) is 14.3. The fourth-order valence-corrected chi connectivity index (χ4v) is 2.02. The van der Waals surface area contributed by atoms with E-state index in [-0.39, 0.29) is 6.04 Å². The van der Waals surface area contributed by atoms with Gasteiger partial charge in [-0.2, -0.15) is 0 Å². The van der Waals surface area contributed by atoms with E-state index >= 15 is 0 Å². The maximum atomic E-state index is 12.0. The molecule has 0 saturated heterocycles. The monoisotopic (exact) mass is 291 g/mol. The summed E-state index contributed by atoms with van der Waals surface area (Å²) in [5.74, 6) is 0. The number of hydrogen-bond acceptors (Lipinski definition) is 2. The summed E-state index contributed by atoms with van der Waals surface area (Å²) in [4.78, 5) is 0. The van der Waals surface area contributed by atoms with Crippen LogP contribution in [0.4, 0.5) is 8.78 Å². The Labute approximate surface area is 118 Å². The average Bonchev–Trinajstić information content (AvgIpc) is 2.36. The third kappa shape index (κ3) is 5.85. The van der Waals surface area contributed by atoms with E-state index in [4.69, 9.17) is 16.3 Å². The maximum absolute atomic E-state index is 12.0. The second kappa shape index (κ2) is 8.46. The summed E-state index contributed by atoms with van der Waals surface area (Å²) < 4.78 is 28.9. The molecule has 19 heavy (non-hydrogen) atoms. The molecule has 0 aliphatic rings. The summed E-state index contributed by atoms with van der Waals surface area (Å²) in [7, 11) is 0. The van der Waals surface area contributed by atoms with Gasteiger partial charge in [0.15, 0.2) is 0 Å². The fourth-order valence-electron chi connectivity index (χ4n) is 1.83. The highest BCUT2D eigenvalue weighted by Crippen LogP contribution is 2.23. The van der Waals surface area contributed by atoms with Gasteiger partial charge in [-0.3, -0.25) is 0 Å². The maximum Gasteiger partial charge on any atom is 0.261 e. The molecular formula is C14H20ClF2NO. The van der Waals surface area contributed by atoms with Gasteiger partial charge in [-0.25, -0.2) is 8.78 Å². The van der Waals surface area contributed by atoms with Crippen molar-refractivity contribution in [1.82, 2.24) is 5.32 Å². The lowest BCUT2D eigenvalue weighted by Gasteiger charge is -2.19. The number of hydrogen-bond donors (Lipinski definition) is 1. The van der Waals surface area contributed by atoms with E-state index in [1.165, 1.54) is 0 Å². The van der Waals surface area contributed by atoms with Gasteiger partial charge in [0.1, 0.15) is 6.61 Å². The van der Waals surface area contributed by atoms with Crippen LogP contribution in [0.25, 0.3) is 0 Å². The number of ether oxygens (including phenoxy) is 1. The number of halogens is 3. The zero-order valence-corrected chi connectivity index (χ0v) is 12.0. The minimum Gasteiger partial charge on any atom is -0.375 e. The lowest BCUT2D eigenvalue weighted by Crippen LogP contribution is -2.23. The van der Waals surface area contributed by atoms with Crippen molar-refractivity contribution in [3.8, 4) is 0 Å². The van der Waals surface area contributed by atoms with Crippen molar-refractivity contribution >= 4 is 11.6 Å². The molecule has 1 unspecified atom stereocenters. The van der Waals surface area contributed by atoms with Crippen LogP contribution >= 0.6 is 11.6 Å². The van der Waals surface area contributed by atoms with Gasteiger partial charge < -0.3 is 10.1 Å². The molecule has 0 spiro atoms. The van der Waals surface area contributed by atoms with E-state index < -0.39 is 13.0 Å². The normalized spacial score (nSPS) is 12.9. The lowest BCUT2D eigenvalue weighted by molar-refractivity contribution is 0.0144. The Hall–Kier alpha value is -0.710. The van der Waals surface area contributed by atoms with Crippen LogP contribution in [0, 0.1) is 6.92 Å². The van der Waals surface area contributed by atoms with Crippen LogP contribution in [0.2, 0.25) is 5.02 Å². The second-order valence-corrected chi connectivity index (χ2v) is 4.78. The van der Waals surface area contributed by atoms with Crippen molar-refractivity contribution in [3.63, 3.8) is 0 Å². The van der Waals surface area contributed by atoms with Gasteiger partial charge in [-0.1, -0.05) is 30.7 Å². The van der Waals surface area contributed by atoms with Crippen molar-refractivity contribution in [2.24, 2.45) is 0 Å². The predicted molar refractivity (Wildman–Crippen MR) is 74.0 cm³/mol. The molecule has 0 aliphatic heterocycles. The second-order valence-electron chi connectivity index (χ2n) is 4.37. The Morgan fingerprint density at radius 1 is 1.37 bits per heavy atom. The molecule has 0 bridgehead atoms. The first-order chi connectivity index (χ1) is 9.04. The van der Waals surface area contributed by atoms with E-state index in [1.54, 1.807) is 0 Å². The van der Waals surface area contributed by atoms with Crippen LogP contribution in [-0.2, 0) is 4.74 Å². The molecule has 0 radical (unpaired) electrons. The lowest BCUT2D eigenvalue weighted by atomic mass is 10.0. The molecule has 0 heterocycles. The van der Waals surface area contributed by atoms with Crippen molar-refractivity contribution in [2.75, 3.05) is 19.8 Å². The van der Waals surface area contributed by atoms with Crippen LogP contribution in [0.15, 0.2) is 18.2 Å². The highest BCUT2D eigenvalue weighted by Gasteiger charge is 2.12. The summed E-state index contributed by atoms with van der Waals surface area (Å²) in [6.45, 7) is 4.54. The molecule has 1 rings (SSSR count). The molecule has 1 N–H and O–H groups in total. The molecular weight excluding hydrogens is 272 g/mol. The third-order valence-corrected chi connectivity index (χ3v) is 3.25. The number of alkyl halides is 2. The molecule has 108 valence electrons. The Balaban J connectivity index is 2.58. The van der Waals surface area contributed by atoms with E-state index in [1.807, 2.05) is 32.0 Å². The van der Waals surface area contributed by atoms with E-state index in [9.17, 15) is 8.78 Å². The Morgan fingerprint density at radius 3 is 2.68 bits per heavy atom. The van der Waals surface area contributed by atoms with E-state index in [0.717, 1.165) is 17.7 Å². The molecule has 0 amide bonds. The van der Waals surface area contributed by atoms with Crippen LogP contribution < -0.4 is 5.32 Å². The molecule has 2 nitrogen and oxygen atoms in total. The van der Waals surface area contributed by atoms with E-state index in [0.29, 0.717) is 18.1 Å². The standard InChI is InChI=1S/C14H20ClF2NO/c1-3-18-13(6-7-19-9-14(16)17)11-5-4-10(2)12(15)8-11/h4-5,8,13-14,18H,3,6-7,9H2,1-2H3. The quantitative estimate of drug-likeness (QED) is 0.732. The summed E-state index contributed by atoms with van der Waals surface area (Å²) in [6, 6.07) is 5.95. The number of rotatable bonds is 8. The van der Waals surface area contributed by atoms with Gasteiger partial charge in [0, 0.05) is 17.7 Å². The molecule has 0 saturated carbocycles. The van der Waals surface area contributed by atoms with Gasteiger partial charge >= 0.3 is 0 Å². The van der Waals surface area contributed by atoms with Crippen molar-refractivity contribution < 1.29 is 13.5 Å². The van der Waals surface area contributed by atoms with Gasteiger partial charge in [0.2, 0.25) is 0 Å². The Bertz CT molecular complexity index is 388. The first kappa shape index (κ1) is 16.3. The van der Waals surface area contributed by atoms with Crippen LogP contribution in [-0.4, -0.2) is 26.2 Å². The van der Waals surface area contributed by atoms with Gasteiger partial charge in [-0.15, -0.1) is 0 Å². The highest BCUT2D eigenvalue weighted by atomic mass is 35.5. The SMILES string of the molecule is CCNC(CCOCC(F)F)c1ccc(C)c(Cl)c1. The smallest absolute Gasteiger partial charge is 0.261 e. The van der Waals surface area contributed by atoms with Gasteiger partial charge in [0.25, 0.3) is 6.43 Å². The topological polar surface area (TPSA) is 21.3 Å². The van der Waals surface area contributed by atoms with Crippen LogP contribution in [0.1, 0.15) is 30.5 Å². The Kier molecular flexibility index (Phi) is 7.28. The Morgan fingerprint density at radius 2 is 2.11 bits per heavy atom. The molecule has 1 atom stereocenters. The van der Waals surface area contributed by atoms with Crippen LogP contribution in [0.5, 0.6) is 0 Å². The number of nitrogens with one attached hydrogen (secondary N) is 1. The summed E-state index contributed by atoms with van der Waals surface area (Å²) in [6.07, 6.45) is -1.77. The van der Waals surface area contributed by atoms with Crippen LogP contribution in [0.3, 0.4) is 0 Å². The summed E-state index contributed by atoms with van der Waals surface area (Å²) in [5, 5.41) is 4.02. The summed E-state index contributed by atoms with van der Waals surface area (Å²) in [5.41, 5.74) is 2.08. The van der Waals surface area contributed by atoms with E-state index in [2.05, 4.69) is 5.32 Å². The van der Waals surface area contributed by atoms with Crippen molar-refractivity contribution in [2.45, 2.75) is 32.7 Å². The number of aryl methyl sites for hydroxylation is 1. The summed E-state index contributed by atoms with van der Waals surface area (Å²) >= 11 is 6.10. The van der Waals surface area contributed by atoms with Crippen molar-refractivity contribution in [1.29, 1.82) is 0 Å². The minimum absolute atomic E-state index is 0.0702. The molecule has 1 aromatic rings. The fraction of sp³-hybridized carbons (Fsp3) is 0.571. The zero-order valence-electron chi connectivity index (χ0n) is 11.3. The van der Waals surface area contributed by atoms with Gasteiger partial charge in [-0.05, 0) is 37.1 Å². The molecule has 0 aromatic heterocycles. The predicted octanol–water partition coefficient (Wildman–Crippen LogP) is 3.97. The molecule has 0 aliphatic carbocycles. The van der Waals surface area contributed by atoms with Crippen molar-refractivity contribution in [3.05, 3.63) is 34.3 Å². The largest absolute Gasteiger partial charge is 0.375 e. The molecule has 0 fully saturated rings. The van der Waals surface area contributed by atoms with Gasteiger partial charge in [0.05, 0.1) is 0 Å². The first-order valence-corrected chi connectivity index (χ1v) is 6.77. The third-order valence-electron chi connectivity index (χ3n) is 2.84. The number of benzene rings is 1. The molecule has 1 aromatic carbocycles. The first-order valence-electron chi connectivity index (χ1n) is 6.40. The molecule has 5 heteroatoms. The minimum atomic E-state index is -2.41.